The third-order valence-corrected chi connectivity index (χ3v) is 3.36. The normalized spacial score (nSPS) is 11.3. The Hall–Kier alpha value is -1.78. The molecule has 0 radical (unpaired) electrons. The largest absolute Gasteiger partial charge is 0.477 e. The van der Waals surface area contributed by atoms with Crippen molar-refractivity contribution in [2.24, 2.45) is 0 Å². The van der Waals surface area contributed by atoms with Gasteiger partial charge >= 0.3 is 5.97 Å². The van der Waals surface area contributed by atoms with E-state index in [1.54, 1.807) is 12.3 Å². The summed E-state index contributed by atoms with van der Waals surface area (Å²) in [5.74, 6) is -1.19. The summed E-state index contributed by atoms with van der Waals surface area (Å²) < 4.78 is 1.43. The number of rotatable bonds is 6. The van der Waals surface area contributed by atoms with Crippen molar-refractivity contribution < 1.29 is 14.7 Å². The zero-order valence-electron chi connectivity index (χ0n) is 11.1. The number of aromatic nitrogens is 1. The number of hydrogen-bond donors (Lipinski definition) is 2. The molecule has 0 bridgehead atoms. The van der Waals surface area contributed by atoms with Crippen LogP contribution >= 0.6 is 0 Å². The first kappa shape index (κ1) is 14.3. The Bertz CT molecular complexity index is 433. The molecule has 0 aromatic carbocycles. The third-order valence-electron chi connectivity index (χ3n) is 3.36. The molecule has 0 spiro atoms. The molecule has 1 rings (SSSR count). The van der Waals surface area contributed by atoms with Gasteiger partial charge in [0.2, 0.25) is 5.91 Å². The van der Waals surface area contributed by atoms with Crippen molar-refractivity contribution in [1.82, 2.24) is 9.88 Å². The summed E-state index contributed by atoms with van der Waals surface area (Å²) in [6.07, 6.45) is 3.28. The first-order chi connectivity index (χ1) is 8.41. The van der Waals surface area contributed by atoms with Gasteiger partial charge in [-0.05, 0) is 31.9 Å². The minimum Gasteiger partial charge on any atom is -0.477 e. The molecule has 0 aliphatic carbocycles. The van der Waals surface area contributed by atoms with Crippen LogP contribution in [0.5, 0.6) is 0 Å². The molecule has 2 N–H and O–H groups in total. The number of hydrogen-bond acceptors (Lipinski definition) is 2. The molecule has 0 atom stereocenters. The van der Waals surface area contributed by atoms with Crippen LogP contribution in [-0.2, 0) is 11.3 Å². The average molecular weight is 252 g/mol. The predicted octanol–water partition coefficient (Wildman–Crippen LogP) is 1.88. The van der Waals surface area contributed by atoms with E-state index in [0.717, 1.165) is 12.8 Å². The first-order valence-corrected chi connectivity index (χ1v) is 6.11. The number of carboxylic acid groups (broad SMARTS) is 1. The fourth-order valence-corrected chi connectivity index (χ4v) is 1.70. The molecule has 5 nitrogen and oxygen atoms in total. The quantitative estimate of drug-likeness (QED) is 0.812. The molecule has 1 heterocycles. The van der Waals surface area contributed by atoms with Crippen LogP contribution in [-0.4, -0.2) is 27.1 Å². The van der Waals surface area contributed by atoms with Crippen LogP contribution in [0, 0.1) is 0 Å². The van der Waals surface area contributed by atoms with Gasteiger partial charge in [0.05, 0.1) is 0 Å². The Morgan fingerprint density at radius 2 is 2.00 bits per heavy atom. The van der Waals surface area contributed by atoms with Gasteiger partial charge in [-0.1, -0.05) is 13.8 Å². The molecule has 1 amide bonds. The number of nitrogens with one attached hydrogen (secondary N) is 1. The highest BCUT2D eigenvalue weighted by atomic mass is 16.4. The maximum Gasteiger partial charge on any atom is 0.352 e. The van der Waals surface area contributed by atoms with Gasteiger partial charge in [-0.15, -0.1) is 0 Å². The van der Waals surface area contributed by atoms with Crippen molar-refractivity contribution in [1.29, 1.82) is 0 Å². The van der Waals surface area contributed by atoms with E-state index in [1.807, 2.05) is 20.8 Å². The summed E-state index contributed by atoms with van der Waals surface area (Å²) in [5, 5.41) is 11.9. The lowest BCUT2D eigenvalue weighted by Crippen LogP contribution is -2.46. The van der Waals surface area contributed by atoms with Crippen molar-refractivity contribution in [3.8, 4) is 0 Å². The fraction of sp³-hybridized carbons (Fsp3) is 0.538. The van der Waals surface area contributed by atoms with Crippen molar-refractivity contribution in [3.63, 3.8) is 0 Å². The van der Waals surface area contributed by atoms with Gasteiger partial charge in [0.15, 0.2) is 0 Å². The molecule has 0 fully saturated rings. The molecule has 5 heteroatoms. The minimum atomic E-state index is -1.03. The van der Waals surface area contributed by atoms with Gasteiger partial charge in [0.25, 0.3) is 0 Å². The van der Waals surface area contributed by atoms with Gasteiger partial charge in [0.1, 0.15) is 12.2 Å². The van der Waals surface area contributed by atoms with Crippen molar-refractivity contribution in [2.45, 2.75) is 45.7 Å². The zero-order valence-corrected chi connectivity index (χ0v) is 11.1. The van der Waals surface area contributed by atoms with E-state index in [4.69, 9.17) is 5.11 Å². The smallest absolute Gasteiger partial charge is 0.352 e. The predicted molar refractivity (Wildman–Crippen MR) is 68.5 cm³/mol. The average Bonchev–Trinajstić information content (AvgIpc) is 2.76. The van der Waals surface area contributed by atoms with Crippen molar-refractivity contribution in [2.75, 3.05) is 0 Å². The van der Waals surface area contributed by atoms with Gasteiger partial charge in [-0.2, -0.15) is 0 Å². The number of amides is 1. The van der Waals surface area contributed by atoms with Crippen LogP contribution in [0.3, 0.4) is 0 Å². The number of carbonyl (C=O) groups excluding carboxylic acids is 1. The molecule has 0 unspecified atom stereocenters. The molecule has 1 aromatic rings. The van der Waals surface area contributed by atoms with Crippen LogP contribution < -0.4 is 5.32 Å². The van der Waals surface area contributed by atoms with Gasteiger partial charge < -0.3 is 15.0 Å². The van der Waals surface area contributed by atoms with Crippen LogP contribution in [0.1, 0.15) is 44.1 Å². The molecular weight excluding hydrogens is 232 g/mol. The lowest BCUT2D eigenvalue weighted by atomic mass is 9.95. The van der Waals surface area contributed by atoms with E-state index in [-0.39, 0.29) is 23.7 Å². The van der Waals surface area contributed by atoms with E-state index in [9.17, 15) is 9.59 Å². The lowest BCUT2D eigenvalue weighted by Gasteiger charge is -2.28. The molecular formula is C13H20N2O3. The topological polar surface area (TPSA) is 71.3 Å². The minimum absolute atomic E-state index is 0.0320. The second kappa shape index (κ2) is 5.71. The maximum atomic E-state index is 11.9. The van der Waals surface area contributed by atoms with E-state index < -0.39 is 5.97 Å². The Morgan fingerprint density at radius 3 is 2.50 bits per heavy atom. The summed E-state index contributed by atoms with van der Waals surface area (Å²) in [5.41, 5.74) is -0.104. The molecule has 1 aromatic heterocycles. The number of carboxylic acids is 1. The van der Waals surface area contributed by atoms with Crippen LogP contribution in [0.25, 0.3) is 0 Å². The van der Waals surface area contributed by atoms with Gasteiger partial charge in [-0.25, -0.2) is 4.79 Å². The summed E-state index contributed by atoms with van der Waals surface area (Å²) in [6, 6.07) is 3.10. The second-order valence-corrected chi connectivity index (χ2v) is 4.64. The molecule has 18 heavy (non-hydrogen) atoms. The summed E-state index contributed by atoms with van der Waals surface area (Å²) in [7, 11) is 0. The second-order valence-electron chi connectivity index (χ2n) is 4.64. The third kappa shape index (κ3) is 3.35. The highest BCUT2D eigenvalue weighted by Crippen LogP contribution is 2.13. The molecule has 0 saturated carbocycles. The summed E-state index contributed by atoms with van der Waals surface area (Å²) in [4.78, 5) is 22.8. The van der Waals surface area contributed by atoms with Crippen molar-refractivity contribution >= 4 is 11.9 Å². The zero-order chi connectivity index (χ0) is 13.8. The van der Waals surface area contributed by atoms with E-state index in [1.165, 1.54) is 10.6 Å². The maximum absolute atomic E-state index is 11.9. The van der Waals surface area contributed by atoms with Gasteiger partial charge in [-0.3, -0.25) is 4.79 Å². The summed E-state index contributed by atoms with van der Waals surface area (Å²) >= 11 is 0. The lowest BCUT2D eigenvalue weighted by molar-refractivity contribution is -0.123. The molecule has 100 valence electrons. The Morgan fingerprint density at radius 1 is 1.39 bits per heavy atom. The highest BCUT2D eigenvalue weighted by molar-refractivity contribution is 5.87. The van der Waals surface area contributed by atoms with E-state index in [2.05, 4.69) is 5.32 Å². The Labute approximate surface area is 107 Å². The van der Waals surface area contributed by atoms with Gasteiger partial charge in [0, 0.05) is 11.7 Å². The number of nitrogens with zero attached hydrogens (tertiary/aromatic N) is 1. The molecule has 0 aliphatic heterocycles. The monoisotopic (exact) mass is 252 g/mol. The van der Waals surface area contributed by atoms with E-state index >= 15 is 0 Å². The van der Waals surface area contributed by atoms with E-state index in [0.29, 0.717) is 0 Å². The van der Waals surface area contributed by atoms with Crippen LogP contribution in [0.2, 0.25) is 0 Å². The fourth-order valence-electron chi connectivity index (χ4n) is 1.70. The first-order valence-electron chi connectivity index (χ1n) is 6.11. The Kier molecular flexibility index (Phi) is 4.53. The van der Waals surface area contributed by atoms with Crippen LogP contribution in [0.4, 0.5) is 0 Å². The molecule has 0 saturated heterocycles. The highest BCUT2D eigenvalue weighted by Gasteiger charge is 2.22. The standard InChI is InChI=1S/C13H20N2O3/c1-4-13(3,5-2)14-11(16)9-15-8-6-7-10(15)12(17)18/h6-8H,4-5,9H2,1-3H3,(H,14,16)(H,17,18). The molecule has 0 aliphatic rings. The summed E-state index contributed by atoms with van der Waals surface area (Å²) in [6.45, 7) is 6.05. The number of carbonyl (C=O) groups is 2. The number of aromatic carboxylic acids is 1. The van der Waals surface area contributed by atoms with Crippen molar-refractivity contribution in [3.05, 3.63) is 24.0 Å². The van der Waals surface area contributed by atoms with Crippen LogP contribution in [0.15, 0.2) is 18.3 Å². The SMILES string of the molecule is CCC(C)(CC)NC(=O)Cn1cccc1C(=O)O. The Balaban J connectivity index is 2.71.